The molecule has 8 heteroatoms. The second-order valence-electron chi connectivity index (χ2n) is 10.1. The molecule has 0 aromatic rings. The molecule has 2 rings (SSSR count). The van der Waals surface area contributed by atoms with Crippen LogP contribution >= 0.6 is 0 Å². The third kappa shape index (κ3) is 6.71. The first-order valence-corrected chi connectivity index (χ1v) is 10.8. The van der Waals surface area contributed by atoms with Crippen LogP contribution in [0.5, 0.6) is 0 Å². The third-order valence-corrected chi connectivity index (χ3v) is 5.12. The Labute approximate surface area is 179 Å². The van der Waals surface area contributed by atoms with Gasteiger partial charge in [-0.2, -0.15) is 0 Å². The fourth-order valence-electron chi connectivity index (χ4n) is 3.86. The molecule has 0 aromatic carbocycles. The Bertz CT molecular complexity index is 618. The summed E-state index contributed by atoms with van der Waals surface area (Å²) in [5, 5.41) is 0. The van der Waals surface area contributed by atoms with Crippen molar-refractivity contribution in [2.24, 2.45) is 0 Å². The minimum absolute atomic E-state index is 0.0570. The van der Waals surface area contributed by atoms with Crippen molar-refractivity contribution in [3.63, 3.8) is 0 Å². The molecule has 170 valence electrons. The monoisotopic (exact) mass is 424 g/mol. The van der Waals surface area contributed by atoms with E-state index in [0.29, 0.717) is 25.9 Å². The largest absolute Gasteiger partial charge is 0.444 e. The molecular weight excluding hydrogens is 388 g/mol. The van der Waals surface area contributed by atoms with Crippen LogP contribution in [0.3, 0.4) is 0 Å². The Morgan fingerprint density at radius 1 is 0.700 bits per heavy atom. The molecule has 2 atom stereocenters. The zero-order valence-electron chi connectivity index (χ0n) is 19.2. The summed E-state index contributed by atoms with van der Waals surface area (Å²) in [5.41, 5.74) is -1.26. The van der Waals surface area contributed by atoms with Crippen LogP contribution in [-0.2, 0) is 19.1 Å². The van der Waals surface area contributed by atoms with E-state index >= 15 is 0 Å². The molecule has 8 nitrogen and oxygen atoms in total. The van der Waals surface area contributed by atoms with Crippen molar-refractivity contribution in [1.29, 1.82) is 0 Å². The van der Waals surface area contributed by atoms with Gasteiger partial charge in [0.2, 0.25) is 0 Å². The number of amides is 2. The van der Waals surface area contributed by atoms with E-state index < -0.39 is 35.5 Å². The second-order valence-corrected chi connectivity index (χ2v) is 10.1. The number of hydrogen-bond donors (Lipinski definition) is 0. The van der Waals surface area contributed by atoms with Crippen molar-refractivity contribution in [1.82, 2.24) is 9.80 Å². The lowest BCUT2D eigenvalue weighted by atomic mass is 10.00. The molecule has 2 aliphatic heterocycles. The fraction of sp³-hybridized carbons (Fsp3) is 0.818. The minimum Gasteiger partial charge on any atom is -0.444 e. The van der Waals surface area contributed by atoms with Gasteiger partial charge in [0.15, 0.2) is 11.6 Å². The summed E-state index contributed by atoms with van der Waals surface area (Å²) in [4.78, 5) is 53.2. The fourth-order valence-corrected chi connectivity index (χ4v) is 3.86. The molecule has 2 fully saturated rings. The number of carbonyl (C=O) groups is 4. The lowest BCUT2D eigenvalue weighted by Crippen LogP contribution is -2.44. The smallest absolute Gasteiger partial charge is 0.410 e. The molecule has 0 aromatic heterocycles. The quantitative estimate of drug-likeness (QED) is 0.668. The van der Waals surface area contributed by atoms with Crippen LogP contribution in [0.4, 0.5) is 9.59 Å². The van der Waals surface area contributed by atoms with E-state index in [9.17, 15) is 19.2 Å². The summed E-state index contributed by atoms with van der Waals surface area (Å²) in [6.45, 7) is 11.7. The third-order valence-electron chi connectivity index (χ3n) is 5.12. The number of likely N-dealkylation sites (tertiary alicyclic amines) is 2. The molecule has 2 amide bonds. The van der Waals surface area contributed by atoms with Crippen molar-refractivity contribution < 1.29 is 28.7 Å². The SMILES string of the molecule is CC(C)(C)OC(=O)N1CCCC1C(=O)CCC(=O)C1CCCN1C(=O)OC(C)(C)C. The molecule has 30 heavy (non-hydrogen) atoms. The van der Waals surface area contributed by atoms with Crippen LogP contribution in [-0.4, -0.2) is 69.9 Å². The highest BCUT2D eigenvalue weighted by Crippen LogP contribution is 2.25. The van der Waals surface area contributed by atoms with E-state index in [1.807, 2.05) is 0 Å². The molecule has 2 aliphatic rings. The van der Waals surface area contributed by atoms with E-state index in [2.05, 4.69) is 0 Å². The van der Waals surface area contributed by atoms with Gasteiger partial charge in [0.05, 0.1) is 12.1 Å². The number of carbonyl (C=O) groups excluding carboxylic acids is 4. The Hall–Kier alpha value is -2.12. The Balaban J connectivity index is 1.91. The summed E-state index contributed by atoms with van der Waals surface area (Å²) < 4.78 is 10.8. The topological polar surface area (TPSA) is 93.2 Å². The number of ketones is 2. The van der Waals surface area contributed by atoms with E-state index in [4.69, 9.17) is 9.47 Å². The Kier molecular flexibility index (Phi) is 7.53. The maximum atomic E-state index is 12.7. The van der Waals surface area contributed by atoms with Crippen molar-refractivity contribution in [3.05, 3.63) is 0 Å². The van der Waals surface area contributed by atoms with Crippen LogP contribution in [0, 0.1) is 0 Å². The maximum Gasteiger partial charge on any atom is 0.410 e. The highest BCUT2D eigenvalue weighted by atomic mass is 16.6. The van der Waals surface area contributed by atoms with Gasteiger partial charge in [-0.05, 0) is 67.2 Å². The molecule has 0 bridgehead atoms. The molecule has 0 radical (unpaired) electrons. The summed E-state index contributed by atoms with van der Waals surface area (Å²) in [6, 6.07) is -1.09. The highest BCUT2D eigenvalue weighted by molar-refractivity contribution is 5.94. The first-order chi connectivity index (χ1) is 13.8. The number of Topliss-reactive ketones (excluding diaryl/α,β-unsaturated/α-hetero) is 2. The van der Waals surface area contributed by atoms with Gasteiger partial charge >= 0.3 is 12.2 Å². The summed E-state index contributed by atoms with van der Waals surface area (Å²) in [5.74, 6) is -0.262. The van der Waals surface area contributed by atoms with Gasteiger partial charge in [0, 0.05) is 25.9 Å². The van der Waals surface area contributed by atoms with Crippen LogP contribution in [0.25, 0.3) is 0 Å². The molecule has 2 saturated heterocycles. The van der Waals surface area contributed by atoms with Gasteiger partial charge in [0.25, 0.3) is 0 Å². The van der Waals surface area contributed by atoms with Crippen molar-refractivity contribution in [3.8, 4) is 0 Å². The first kappa shape index (κ1) is 24.2. The van der Waals surface area contributed by atoms with Crippen LogP contribution < -0.4 is 0 Å². The molecular formula is C22H36N2O6. The van der Waals surface area contributed by atoms with E-state index in [0.717, 1.165) is 12.8 Å². The average Bonchev–Trinajstić information content (AvgIpc) is 3.25. The lowest BCUT2D eigenvalue weighted by Gasteiger charge is -2.29. The second kappa shape index (κ2) is 9.35. The minimum atomic E-state index is -0.628. The Morgan fingerprint density at radius 3 is 1.33 bits per heavy atom. The van der Waals surface area contributed by atoms with E-state index in [-0.39, 0.29) is 24.4 Å². The predicted molar refractivity (Wildman–Crippen MR) is 111 cm³/mol. The normalized spacial score (nSPS) is 22.2. The van der Waals surface area contributed by atoms with Gasteiger partial charge in [0.1, 0.15) is 11.2 Å². The van der Waals surface area contributed by atoms with Crippen molar-refractivity contribution in [2.45, 2.75) is 103 Å². The molecule has 0 saturated carbocycles. The van der Waals surface area contributed by atoms with Crippen molar-refractivity contribution >= 4 is 23.8 Å². The van der Waals surface area contributed by atoms with Crippen molar-refractivity contribution in [2.75, 3.05) is 13.1 Å². The summed E-state index contributed by atoms with van der Waals surface area (Å²) >= 11 is 0. The van der Waals surface area contributed by atoms with E-state index in [1.54, 1.807) is 41.5 Å². The van der Waals surface area contributed by atoms with Crippen LogP contribution in [0.1, 0.15) is 80.1 Å². The zero-order chi connectivity index (χ0) is 22.7. The van der Waals surface area contributed by atoms with Crippen LogP contribution in [0.15, 0.2) is 0 Å². The summed E-state index contributed by atoms with van der Waals surface area (Å²) in [6.07, 6.45) is 1.77. The average molecular weight is 425 g/mol. The molecule has 2 heterocycles. The Morgan fingerprint density at radius 2 is 1.03 bits per heavy atom. The molecule has 0 aliphatic carbocycles. The van der Waals surface area contributed by atoms with Gasteiger partial charge < -0.3 is 9.47 Å². The maximum absolute atomic E-state index is 12.7. The van der Waals surface area contributed by atoms with Crippen LogP contribution in [0.2, 0.25) is 0 Å². The molecule has 0 spiro atoms. The van der Waals surface area contributed by atoms with Gasteiger partial charge in [-0.3, -0.25) is 19.4 Å². The van der Waals surface area contributed by atoms with E-state index in [1.165, 1.54) is 9.80 Å². The number of ether oxygens (including phenoxy) is 2. The van der Waals surface area contributed by atoms with Gasteiger partial charge in [-0.25, -0.2) is 9.59 Å². The standard InChI is InChI=1S/C22H36N2O6/c1-21(2,3)29-19(27)23-13-7-9-15(23)17(25)11-12-18(26)16-10-8-14-24(16)20(28)30-22(4,5)6/h15-16H,7-14H2,1-6H3. The summed E-state index contributed by atoms with van der Waals surface area (Å²) in [7, 11) is 0. The zero-order valence-corrected chi connectivity index (χ0v) is 19.2. The number of nitrogens with zero attached hydrogens (tertiary/aromatic N) is 2. The molecule has 2 unspecified atom stereocenters. The van der Waals surface area contributed by atoms with Gasteiger partial charge in [-0.1, -0.05) is 0 Å². The predicted octanol–water partition coefficient (Wildman–Crippen LogP) is 3.70. The number of rotatable bonds is 5. The first-order valence-electron chi connectivity index (χ1n) is 10.8. The lowest BCUT2D eigenvalue weighted by molar-refractivity contribution is -0.128. The van der Waals surface area contributed by atoms with Gasteiger partial charge in [-0.15, -0.1) is 0 Å². The highest BCUT2D eigenvalue weighted by Gasteiger charge is 2.39. The number of hydrogen-bond acceptors (Lipinski definition) is 6. The molecule has 0 N–H and O–H groups in total.